The third-order valence-electron chi connectivity index (χ3n) is 2.17. The minimum Gasteiger partial charge on any atom is -0.388 e. The van der Waals surface area contributed by atoms with Gasteiger partial charge in [0, 0.05) is 6.92 Å². The molecule has 0 aromatic heterocycles. The molecule has 1 rings (SSSR count). The van der Waals surface area contributed by atoms with Crippen molar-refractivity contribution in [2.24, 2.45) is 0 Å². The Morgan fingerprint density at radius 3 is 2.62 bits per heavy atom. The smallest absolute Gasteiger partial charge is 0.217 e. The molecule has 0 aromatic carbocycles. The van der Waals surface area contributed by atoms with Gasteiger partial charge in [-0.05, 0) is 6.92 Å². The second-order valence-corrected chi connectivity index (χ2v) is 3.33. The highest BCUT2D eigenvalue weighted by Gasteiger charge is 2.36. The average molecular weight is 189 g/mol. The third kappa shape index (κ3) is 2.40. The van der Waals surface area contributed by atoms with Crippen molar-refractivity contribution >= 4 is 5.91 Å². The molecule has 1 aliphatic rings. The number of carbonyl (C=O) groups is 1. The standard InChI is InChI=1S/C8H15NO4/c1-4-7(11)8(12)6(3-13-4)9-5(2)10/h4,6-8,11-12H,3H2,1-2H3,(H,9,10). The summed E-state index contributed by atoms with van der Waals surface area (Å²) in [5.74, 6) is -0.241. The van der Waals surface area contributed by atoms with Crippen LogP contribution >= 0.6 is 0 Å². The molecule has 0 radical (unpaired) electrons. The van der Waals surface area contributed by atoms with Crippen LogP contribution in [-0.4, -0.2) is 47.1 Å². The topological polar surface area (TPSA) is 78.8 Å². The van der Waals surface area contributed by atoms with Crippen LogP contribution in [0, 0.1) is 0 Å². The highest BCUT2D eigenvalue weighted by atomic mass is 16.5. The number of hydrogen-bond acceptors (Lipinski definition) is 4. The SMILES string of the molecule is CC(=O)NC1COC(C)C(O)C1O. The molecule has 0 spiro atoms. The van der Waals surface area contributed by atoms with Crippen LogP contribution in [-0.2, 0) is 9.53 Å². The number of ether oxygens (including phenoxy) is 1. The molecule has 1 amide bonds. The van der Waals surface area contributed by atoms with Crippen LogP contribution in [0.5, 0.6) is 0 Å². The molecule has 1 fully saturated rings. The van der Waals surface area contributed by atoms with Crippen LogP contribution in [0.1, 0.15) is 13.8 Å². The lowest BCUT2D eigenvalue weighted by Crippen LogP contribution is -2.58. The van der Waals surface area contributed by atoms with E-state index in [2.05, 4.69) is 5.32 Å². The zero-order chi connectivity index (χ0) is 10.0. The molecule has 13 heavy (non-hydrogen) atoms. The summed E-state index contributed by atoms with van der Waals surface area (Å²) in [4.78, 5) is 10.7. The maximum Gasteiger partial charge on any atom is 0.217 e. The Balaban J connectivity index is 2.53. The molecule has 0 aromatic rings. The van der Waals surface area contributed by atoms with E-state index in [4.69, 9.17) is 4.74 Å². The molecule has 3 N–H and O–H groups in total. The van der Waals surface area contributed by atoms with Crippen LogP contribution in [0.3, 0.4) is 0 Å². The van der Waals surface area contributed by atoms with Gasteiger partial charge in [0.2, 0.25) is 5.91 Å². The van der Waals surface area contributed by atoms with E-state index >= 15 is 0 Å². The fraction of sp³-hybridized carbons (Fsp3) is 0.875. The molecule has 1 heterocycles. The van der Waals surface area contributed by atoms with Crippen LogP contribution < -0.4 is 5.32 Å². The minimum absolute atomic E-state index is 0.235. The molecule has 0 saturated carbocycles. The Morgan fingerprint density at radius 1 is 1.46 bits per heavy atom. The zero-order valence-corrected chi connectivity index (χ0v) is 7.73. The number of aliphatic hydroxyl groups is 2. The zero-order valence-electron chi connectivity index (χ0n) is 7.73. The van der Waals surface area contributed by atoms with Gasteiger partial charge in [0.05, 0.1) is 18.8 Å². The first-order chi connectivity index (χ1) is 6.02. The highest BCUT2D eigenvalue weighted by molar-refractivity contribution is 5.73. The predicted molar refractivity (Wildman–Crippen MR) is 45.0 cm³/mol. The molecule has 1 saturated heterocycles. The summed E-state index contributed by atoms with van der Waals surface area (Å²) in [7, 11) is 0. The molecular formula is C8H15NO4. The number of carbonyl (C=O) groups excluding carboxylic acids is 1. The first kappa shape index (κ1) is 10.4. The van der Waals surface area contributed by atoms with Crippen LogP contribution in [0.15, 0.2) is 0 Å². The highest BCUT2D eigenvalue weighted by Crippen LogP contribution is 2.14. The van der Waals surface area contributed by atoms with Gasteiger partial charge in [-0.25, -0.2) is 0 Å². The number of hydrogen-bond donors (Lipinski definition) is 3. The maximum atomic E-state index is 10.7. The summed E-state index contributed by atoms with van der Waals surface area (Å²) in [6.45, 7) is 3.27. The largest absolute Gasteiger partial charge is 0.388 e. The summed E-state index contributed by atoms with van der Waals surface area (Å²) in [6.07, 6.45) is -2.28. The number of nitrogens with one attached hydrogen (secondary N) is 1. The fourth-order valence-electron chi connectivity index (χ4n) is 1.36. The van der Waals surface area contributed by atoms with Gasteiger partial charge in [0.25, 0.3) is 0 Å². The van der Waals surface area contributed by atoms with Gasteiger partial charge >= 0.3 is 0 Å². The maximum absolute atomic E-state index is 10.7. The monoisotopic (exact) mass is 189 g/mol. The lowest BCUT2D eigenvalue weighted by Gasteiger charge is -2.36. The lowest BCUT2D eigenvalue weighted by atomic mass is 9.99. The van der Waals surface area contributed by atoms with Gasteiger partial charge in [-0.2, -0.15) is 0 Å². The van der Waals surface area contributed by atoms with E-state index in [0.717, 1.165) is 0 Å². The second-order valence-electron chi connectivity index (χ2n) is 3.33. The minimum atomic E-state index is -0.951. The van der Waals surface area contributed by atoms with Crippen molar-refractivity contribution in [1.82, 2.24) is 5.32 Å². The third-order valence-corrected chi connectivity index (χ3v) is 2.17. The van der Waals surface area contributed by atoms with Crippen molar-refractivity contribution in [2.75, 3.05) is 6.61 Å². The van der Waals surface area contributed by atoms with Gasteiger partial charge in [0.15, 0.2) is 0 Å². The van der Waals surface area contributed by atoms with Gasteiger partial charge in [-0.1, -0.05) is 0 Å². The quantitative estimate of drug-likeness (QED) is 0.475. The van der Waals surface area contributed by atoms with Crippen LogP contribution in [0.2, 0.25) is 0 Å². The molecule has 1 aliphatic heterocycles. The molecule has 4 unspecified atom stereocenters. The van der Waals surface area contributed by atoms with Gasteiger partial charge < -0.3 is 20.3 Å². The normalized spacial score (nSPS) is 40.0. The Bertz CT molecular complexity index is 197. The van der Waals surface area contributed by atoms with E-state index in [0.29, 0.717) is 0 Å². The Kier molecular flexibility index (Phi) is 3.24. The number of aliphatic hydroxyl groups excluding tert-OH is 2. The predicted octanol–water partition coefficient (Wildman–Crippen LogP) is -1.37. The molecule has 76 valence electrons. The van der Waals surface area contributed by atoms with Gasteiger partial charge in [-0.3, -0.25) is 4.79 Å². The molecule has 0 aliphatic carbocycles. The first-order valence-electron chi connectivity index (χ1n) is 4.27. The first-order valence-corrected chi connectivity index (χ1v) is 4.27. The fourth-order valence-corrected chi connectivity index (χ4v) is 1.36. The molecule has 0 bridgehead atoms. The Morgan fingerprint density at radius 2 is 2.08 bits per heavy atom. The average Bonchev–Trinajstić information content (AvgIpc) is 2.06. The summed E-state index contributed by atoms with van der Waals surface area (Å²) in [5, 5.41) is 21.4. The van der Waals surface area contributed by atoms with Crippen molar-refractivity contribution in [2.45, 2.75) is 38.2 Å². The van der Waals surface area contributed by atoms with E-state index < -0.39 is 18.2 Å². The van der Waals surface area contributed by atoms with Gasteiger partial charge in [-0.15, -0.1) is 0 Å². The van der Waals surface area contributed by atoms with E-state index in [-0.39, 0.29) is 18.6 Å². The molecule has 4 atom stereocenters. The summed E-state index contributed by atoms with van der Waals surface area (Å²) >= 11 is 0. The Hall–Kier alpha value is -0.650. The number of rotatable bonds is 1. The van der Waals surface area contributed by atoms with Crippen molar-refractivity contribution in [3.63, 3.8) is 0 Å². The molecule has 5 heteroatoms. The molecular weight excluding hydrogens is 174 g/mol. The van der Waals surface area contributed by atoms with Crippen molar-refractivity contribution in [3.05, 3.63) is 0 Å². The van der Waals surface area contributed by atoms with E-state index in [1.165, 1.54) is 6.92 Å². The van der Waals surface area contributed by atoms with Crippen LogP contribution in [0.4, 0.5) is 0 Å². The summed E-state index contributed by atoms with van der Waals surface area (Å²) < 4.78 is 5.15. The van der Waals surface area contributed by atoms with Crippen molar-refractivity contribution in [1.29, 1.82) is 0 Å². The Labute approximate surface area is 76.7 Å². The molecule has 5 nitrogen and oxygen atoms in total. The second kappa shape index (κ2) is 4.04. The van der Waals surface area contributed by atoms with Crippen LogP contribution in [0.25, 0.3) is 0 Å². The lowest BCUT2D eigenvalue weighted by molar-refractivity contribution is -0.149. The van der Waals surface area contributed by atoms with Crippen molar-refractivity contribution < 1.29 is 19.7 Å². The summed E-state index contributed by atoms with van der Waals surface area (Å²) in [6, 6.07) is -0.510. The van der Waals surface area contributed by atoms with E-state index in [1.807, 2.05) is 0 Å². The van der Waals surface area contributed by atoms with E-state index in [1.54, 1.807) is 6.92 Å². The van der Waals surface area contributed by atoms with Gasteiger partial charge in [0.1, 0.15) is 12.2 Å². The van der Waals surface area contributed by atoms with E-state index in [9.17, 15) is 15.0 Å². The number of amides is 1. The summed E-state index contributed by atoms with van der Waals surface area (Å²) in [5.41, 5.74) is 0. The van der Waals surface area contributed by atoms with Crippen molar-refractivity contribution in [3.8, 4) is 0 Å².